The number of fused-ring (bicyclic) bond motifs is 2. The maximum absolute atomic E-state index is 14.2. The van der Waals surface area contributed by atoms with Gasteiger partial charge in [-0.05, 0) is 37.8 Å². The fourth-order valence-electron chi connectivity index (χ4n) is 3.99. The van der Waals surface area contributed by atoms with Crippen LogP contribution in [0.4, 0.5) is 4.39 Å². The summed E-state index contributed by atoms with van der Waals surface area (Å²) in [5.74, 6) is -3.40. The van der Waals surface area contributed by atoms with Gasteiger partial charge in [0, 0.05) is 18.2 Å². The van der Waals surface area contributed by atoms with Crippen LogP contribution in [0.2, 0.25) is 0 Å². The Bertz CT molecular complexity index is 1190. The van der Waals surface area contributed by atoms with Crippen molar-refractivity contribution < 1.29 is 33.1 Å². The summed E-state index contributed by atoms with van der Waals surface area (Å²) in [6.07, 6.45) is 8.67. The average molecular weight is 605 g/mol. The van der Waals surface area contributed by atoms with Crippen molar-refractivity contribution in [3.63, 3.8) is 0 Å². The second-order valence-corrected chi connectivity index (χ2v) is 11.4. The molecular weight excluding hydrogens is 563 g/mol. The van der Waals surface area contributed by atoms with Gasteiger partial charge < -0.3 is 20.7 Å². The van der Waals surface area contributed by atoms with Crippen LogP contribution in [0.3, 0.4) is 0 Å². The van der Waals surface area contributed by atoms with Crippen LogP contribution >= 0.6 is 11.8 Å². The number of amides is 3. The highest BCUT2D eigenvalue weighted by Gasteiger charge is 2.30. The Morgan fingerprint density at radius 1 is 1.17 bits per heavy atom. The molecule has 1 aliphatic heterocycles. The van der Waals surface area contributed by atoms with E-state index >= 15 is 0 Å². The van der Waals surface area contributed by atoms with Crippen molar-refractivity contribution >= 4 is 40.6 Å². The molecule has 10 nitrogen and oxygen atoms in total. The zero-order valence-electron chi connectivity index (χ0n) is 24.7. The highest BCUT2D eigenvalue weighted by Crippen LogP contribution is 2.15. The third-order valence-electron chi connectivity index (χ3n) is 6.32. The second kappa shape index (κ2) is 18.1. The lowest BCUT2D eigenvalue weighted by Crippen LogP contribution is -2.48. The Hall–Kier alpha value is -3.54. The van der Waals surface area contributed by atoms with E-state index in [1.54, 1.807) is 26.0 Å². The number of rotatable bonds is 10. The molecule has 1 aromatic rings. The monoisotopic (exact) mass is 604 g/mol. The van der Waals surface area contributed by atoms with Crippen molar-refractivity contribution in [2.45, 2.75) is 91.3 Å². The van der Waals surface area contributed by atoms with E-state index in [0.717, 1.165) is 37.8 Å². The van der Waals surface area contributed by atoms with E-state index in [-0.39, 0.29) is 41.1 Å². The lowest BCUT2D eigenvalue weighted by atomic mass is 10.0. The molecule has 0 aromatic carbocycles. The van der Waals surface area contributed by atoms with Crippen molar-refractivity contribution in [2.24, 2.45) is 5.92 Å². The number of carbonyl (C=O) groups excluding carboxylic acids is 5. The van der Waals surface area contributed by atoms with Gasteiger partial charge in [0.25, 0.3) is 11.8 Å². The number of aromatic nitrogens is 1. The predicted molar refractivity (Wildman–Crippen MR) is 159 cm³/mol. The first-order valence-corrected chi connectivity index (χ1v) is 15.3. The number of thioether (sulfide) groups is 1. The zero-order chi connectivity index (χ0) is 31.1. The van der Waals surface area contributed by atoms with E-state index in [2.05, 4.69) is 27.9 Å². The summed E-state index contributed by atoms with van der Waals surface area (Å²) in [6.45, 7) is 6.89. The number of hydrogen-bond acceptors (Lipinski definition) is 8. The van der Waals surface area contributed by atoms with Gasteiger partial charge in [0.2, 0.25) is 5.91 Å². The Kier molecular flexibility index (Phi) is 14.9. The molecule has 0 spiro atoms. The first kappa shape index (κ1) is 34.7. The molecule has 0 unspecified atom stereocenters. The molecule has 2 heterocycles. The normalized spacial score (nSPS) is 19.9. The first-order chi connectivity index (χ1) is 20.0. The van der Waals surface area contributed by atoms with Gasteiger partial charge in [-0.2, -0.15) is 0 Å². The number of esters is 1. The fourth-order valence-corrected chi connectivity index (χ4v) is 4.76. The number of halogens is 1. The Labute approximate surface area is 250 Å². The van der Waals surface area contributed by atoms with Crippen LogP contribution in [0.5, 0.6) is 0 Å². The summed E-state index contributed by atoms with van der Waals surface area (Å²) in [5.41, 5.74) is -0.343. The van der Waals surface area contributed by atoms with Crippen LogP contribution in [-0.2, 0) is 30.5 Å². The number of cyclic esters (lactones) is 1. The molecule has 230 valence electrons. The van der Waals surface area contributed by atoms with E-state index in [9.17, 15) is 28.4 Å². The van der Waals surface area contributed by atoms with E-state index in [1.807, 2.05) is 0 Å². The minimum absolute atomic E-state index is 0.0902. The number of carbonyl (C=O) groups is 5. The lowest BCUT2D eigenvalue weighted by molar-refractivity contribution is -0.153. The molecule has 0 radical (unpaired) electrons. The summed E-state index contributed by atoms with van der Waals surface area (Å²) in [5, 5.41) is 7.72. The summed E-state index contributed by atoms with van der Waals surface area (Å²) in [4.78, 5) is 67.8. The Morgan fingerprint density at radius 2 is 1.93 bits per heavy atom. The minimum atomic E-state index is -1.09. The number of nitrogens with zero attached hydrogens (tertiary/aromatic N) is 1. The topological polar surface area (TPSA) is 144 Å². The standard InChI is InChI=1S/C30H41FN4O6S/c1-5-7-8-9-13-26(37)42-14-11-10-12-22-17-25(36)32-18-21-15-20(31)16-24(33-21)29(39)34-23(6-2)28(38)35-27(19(3)4)30(40)41-22/h6,10,12,15-16,19,22,27H,5,7-9,11,13-14,17-18H2,1-4H3,(H,32,36)(H,34,39)(H,35,38)/b12-10+,23-6-/t22-,27+/m1/s1. The average Bonchev–Trinajstić information content (AvgIpc) is 2.94. The second-order valence-electron chi connectivity index (χ2n) is 10.2. The highest BCUT2D eigenvalue weighted by molar-refractivity contribution is 8.13. The van der Waals surface area contributed by atoms with Crippen LogP contribution < -0.4 is 16.0 Å². The molecule has 12 heteroatoms. The van der Waals surface area contributed by atoms with Gasteiger partial charge in [0.1, 0.15) is 29.4 Å². The smallest absolute Gasteiger partial charge is 0.329 e. The van der Waals surface area contributed by atoms with Crippen molar-refractivity contribution in [3.05, 3.63) is 53.3 Å². The SMILES string of the molecule is C/C=C1\NC(=O)c2cc(F)cc(n2)CNC(=O)C[C@@H](/C=C/CCSC(=O)CCCCCC)OC(=O)[C@H](C(C)C)NC1=O. The number of nitrogens with one attached hydrogen (secondary N) is 3. The summed E-state index contributed by atoms with van der Waals surface area (Å²) < 4.78 is 19.9. The summed E-state index contributed by atoms with van der Waals surface area (Å²) in [6, 6.07) is 0.912. The van der Waals surface area contributed by atoms with Gasteiger partial charge in [-0.15, -0.1) is 0 Å². The molecule has 0 fully saturated rings. The van der Waals surface area contributed by atoms with Gasteiger partial charge in [0.15, 0.2) is 5.12 Å². The Balaban J connectivity index is 2.21. The van der Waals surface area contributed by atoms with Crippen LogP contribution in [0.15, 0.2) is 36.1 Å². The number of allylic oxidation sites excluding steroid dienone is 2. The minimum Gasteiger partial charge on any atom is -0.456 e. The maximum atomic E-state index is 14.2. The molecule has 3 N–H and O–H groups in total. The molecule has 2 rings (SSSR count). The van der Waals surface area contributed by atoms with Gasteiger partial charge in [-0.25, -0.2) is 14.2 Å². The molecule has 0 saturated heterocycles. The van der Waals surface area contributed by atoms with E-state index in [1.165, 1.54) is 24.8 Å². The first-order valence-electron chi connectivity index (χ1n) is 14.3. The highest BCUT2D eigenvalue weighted by atomic mass is 32.2. The van der Waals surface area contributed by atoms with Crippen LogP contribution in [0, 0.1) is 11.7 Å². The molecule has 0 aliphatic carbocycles. The molecule has 2 bridgehead atoms. The zero-order valence-corrected chi connectivity index (χ0v) is 25.5. The molecule has 42 heavy (non-hydrogen) atoms. The molecular formula is C30H41FN4O6S. The number of hydrogen-bond donors (Lipinski definition) is 3. The summed E-state index contributed by atoms with van der Waals surface area (Å²) in [7, 11) is 0. The van der Waals surface area contributed by atoms with Gasteiger partial charge in [-0.3, -0.25) is 19.2 Å². The van der Waals surface area contributed by atoms with Crippen molar-refractivity contribution in [1.82, 2.24) is 20.9 Å². The van der Waals surface area contributed by atoms with Crippen molar-refractivity contribution in [1.29, 1.82) is 0 Å². The summed E-state index contributed by atoms with van der Waals surface area (Å²) >= 11 is 1.25. The third-order valence-corrected chi connectivity index (χ3v) is 7.28. The lowest BCUT2D eigenvalue weighted by Gasteiger charge is -2.24. The van der Waals surface area contributed by atoms with E-state index in [0.29, 0.717) is 18.6 Å². The Morgan fingerprint density at radius 3 is 2.62 bits per heavy atom. The molecule has 2 atom stereocenters. The maximum Gasteiger partial charge on any atom is 0.329 e. The molecule has 1 aliphatic rings. The van der Waals surface area contributed by atoms with Crippen LogP contribution in [0.25, 0.3) is 0 Å². The van der Waals surface area contributed by atoms with Gasteiger partial charge >= 0.3 is 5.97 Å². The largest absolute Gasteiger partial charge is 0.456 e. The van der Waals surface area contributed by atoms with Crippen molar-refractivity contribution in [3.8, 4) is 0 Å². The molecule has 0 saturated carbocycles. The van der Waals surface area contributed by atoms with Gasteiger partial charge in [-0.1, -0.05) is 63.9 Å². The third kappa shape index (κ3) is 12.1. The quantitative estimate of drug-likeness (QED) is 0.157. The van der Waals surface area contributed by atoms with E-state index in [4.69, 9.17) is 4.74 Å². The van der Waals surface area contributed by atoms with Gasteiger partial charge in [0.05, 0.1) is 18.7 Å². The number of unbranched alkanes of at least 4 members (excludes halogenated alkanes) is 3. The van der Waals surface area contributed by atoms with Crippen LogP contribution in [-0.4, -0.2) is 51.7 Å². The predicted octanol–water partition coefficient (Wildman–Crippen LogP) is 4.10. The number of pyridine rings is 1. The number of ether oxygens (including phenoxy) is 1. The molecule has 3 amide bonds. The van der Waals surface area contributed by atoms with Crippen LogP contribution in [0.1, 0.15) is 88.8 Å². The van der Waals surface area contributed by atoms with Crippen molar-refractivity contribution in [2.75, 3.05) is 5.75 Å². The molecule has 1 aromatic heterocycles. The fraction of sp³-hybridized carbons (Fsp3) is 0.533. The van der Waals surface area contributed by atoms with E-state index < -0.39 is 41.7 Å².